The molecule has 0 spiro atoms. The Bertz CT molecular complexity index is 626. The molecule has 20 heavy (non-hydrogen) atoms. The Balaban J connectivity index is 1.72. The molecule has 1 fully saturated rings. The van der Waals surface area contributed by atoms with Gasteiger partial charge in [0.15, 0.2) is 5.65 Å². The Kier molecular flexibility index (Phi) is 3.84. The number of nitrogens with zero attached hydrogens (tertiary/aromatic N) is 4. The van der Waals surface area contributed by atoms with Crippen LogP contribution >= 0.6 is 0 Å². The Hall–Kier alpha value is -1.66. The first-order chi connectivity index (χ1) is 9.79. The molecule has 0 aromatic carbocycles. The SMILES string of the molecule is CCN(CCn1nc2ccccn2c1=O)C1CCNC1. The number of aromatic nitrogens is 3. The quantitative estimate of drug-likeness (QED) is 0.846. The second-order valence-corrected chi connectivity index (χ2v) is 5.21. The molecule has 0 saturated carbocycles. The van der Waals surface area contributed by atoms with Crippen molar-refractivity contribution in [3.05, 3.63) is 34.9 Å². The molecule has 0 radical (unpaired) electrons. The van der Waals surface area contributed by atoms with Crippen LogP contribution in [-0.2, 0) is 6.54 Å². The van der Waals surface area contributed by atoms with E-state index in [1.807, 2.05) is 18.2 Å². The van der Waals surface area contributed by atoms with Gasteiger partial charge in [-0.05, 0) is 31.6 Å². The topological polar surface area (TPSA) is 54.6 Å². The third kappa shape index (κ3) is 2.48. The molecule has 1 atom stereocenters. The van der Waals surface area contributed by atoms with Gasteiger partial charge in [-0.1, -0.05) is 13.0 Å². The minimum atomic E-state index is -0.0544. The third-order valence-corrected chi connectivity index (χ3v) is 4.04. The van der Waals surface area contributed by atoms with E-state index >= 15 is 0 Å². The Morgan fingerprint density at radius 2 is 2.40 bits per heavy atom. The lowest BCUT2D eigenvalue weighted by molar-refractivity contribution is 0.207. The summed E-state index contributed by atoms with van der Waals surface area (Å²) >= 11 is 0. The summed E-state index contributed by atoms with van der Waals surface area (Å²) in [7, 11) is 0. The van der Waals surface area contributed by atoms with Crippen LogP contribution < -0.4 is 11.0 Å². The highest BCUT2D eigenvalue weighted by Gasteiger charge is 2.21. The second-order valence-electron chi connectivity index (χ2n) is 5.21. The van der Waals surface area contributed by atoms with Gasteiger partial charge in [-0.3, -0.25) is 9.30 Å². The first-order valence-electron chi connectivity index (χ1n) is 7.28. The predicted octanol–water partition coefficient (Wildman–Crippen LogP) is 0.180. The van der Waals surface area contributed by atoms with E-state index in [1.54, 1.807) is 15.3 Å². The molecule has 3 rings (SSSR count). The largest absolute Gasteiger partial charge is 0.350 e. The molecule has 1 unspecified atom stereocenters. The average molecular weight is 275 g/mol. The fraction of sp³-hybridized carbons (Fsp3) is 0.571. The van der Waals surface area contributed by atoms with Crippen molar-refractivity contribution in [2.24, 2.45) is 0 Å². The number of hydrogen-bond acceptors (Lipinski definition) is 4. The number of rotatable bonds is 5. The number of fused-ring (bicyclic) bond motifs is 1. The molecular formula is C14H21N5O. The van der Waals surface area contributed by atoms with Crippen molar-refractivity contribution in [3.63, 3.8) is 0 Å². The molecule has 108 valence electrons. The first-order valence-corrected chi connectivity index (χ1v) is 7.28. The van der Waals surface area contributed by atoms with Gasteiger partial charge in [-0.2, -0.15) is 0 Å². The molecular weight excluding hydrogens is 254 g/mol. The Morgan fingerprint density at radius 3 is 3.10 bits per heavy atom. The van der Waals surface area contributed by atoms with Crippen molar-refractivity contribution in [3.8, 4) is 0 Å². The van der Waals surface area contributed by atoms with Crippen molar-refractivity contribution in [2.75, 3.05) is 26.2 Å². The van der Waals surface area contributed by atoms with Crippen LogP contribution in [0.2, 0.25) is 0 Å². The predicted molar refractivity (Wildman–Crippen MR) is 78.0 cm³/mol. The number of hydrogen-bond donors (Lipinski definition) is 1. The summed E-state index contributed by atoms with van der Waals surface area (Å²) in [6.45, 7) is 6.83. The number of pyridine rings is 1. The molecule has 1 aliphatic rings. The maximum atomic E-state index is 12.2. The zero-order valence-corrected chi connectivity index (χ0v) is 11.8. The minimum Gasteiger partial charge on any atom is -0.315 e. The fourth-order valence-electron chi connectivity index (χ4n) is 2.89. The zero-order chi connectivity index (χ0) is 13.9. The van der Waals surface area contributed by atoms with Gasteiger partial charge in [-0.15, -0.1) is 5.10 Å². The van der Waals surface area contributed by atoms with E-state index in [2.05, 4.69) is 22.2 Å². The summed E-state index contributed by atoms with van der Waals surface area (Å²) in [4.78, 5) is 14.6. The molecule has 6 heteroatoms. The van der Waals surface area contributed by atoms with Crippen LogP contribution in [0.3, 0.4) is 0 Å². The van der Waals surface area contributed by atoms with Gasteiger partial charge >= 0.3 is 5.69 Å². The fourth-order valence-corrected chi connectivity index (χ4v) is 2.89. The van der Waals surface area contributed by atoms with E-state index in [0.717, 1.165) is 26.2 Å². The highest BCUT2D eigenvalue weighted by Crippen LogP contribution is 2.08. The van der Waals surface area contributed by atoms with E-state index in [0.29, 0.717) is 18.2 Å². The molecule has 0 bridgehead atoms. The van der Waals surface area contributed by atoms with Crippen LogP contribution in [-0.4, -0.2) is 51.3 Å². The van der Waals surface area contributed by atoms with Crippen LogP contribution in [0.4, 0.5) is 0 Å². The summed E-state index contributed by atoms with van der Waals surface area (Å²) in [5, 5.41) is 7.76. The summed E-state index contributed by atoms with van der Waals surface area (Å²) in [5.41, 5.74) is 0.657. The van der Waals surface area contributed by atoms with E-state index in [1.165, 1.54) is 6.42 Å². The average Bonchev–Trinajstić information content (AvgIpc) is 3.10. The monoisotopic (exact) mass is 275 g/mol. The lowest BCUT2D eigenvalue weighted by Crippen LogP contribution is -2.40. The molecule has 2 aromatic rings. The lowest BCUT2D eigenvalue weighted by atomic mass is 10.2. The normalized spacial score (nSPS) is 19.2. The first kappa shape index (κ1) is 13.3. The van der Waals surface area contributed by atoms with Crippen molar-refractivity contribution < 1.29 is 0 Å². The van der Waals surface area contributed by atoms with E-state index < -0.39 is 0 Å². The minimum absolute atomic E-state index is 0.0544. The number of nitrogens with one attached hydrogen (secondary N) is 1. The summed E-state index contributed by atoms with van der Waals surface area (Å²) in [6.07, 6.45) is 2.95. The molecule has 3 heterocycles. The van der Waals surface area contributed by atoms with Gasteiger partial charge in [0.1, 0.15) is 0 Å². The maximum absolute atomic E-state index is 12.2. The molecule has 6 nitrogen and oxygen atoms in total. The van der Waals surface area contributed by atoms with Crippen molar-refractivity contribution in [1.82, 2.24) is 24.4 Å². The van der Waals surface area contributed by atoms with Gasteiger partial charge in [0, 0.05) is 25.3 Å². The third-order valence-electron chi connectivity index (χ3n) is 4.04. The van der Waals surface area contributed by atoms with Gasteiger partial charge < -0.3 is 5.32 Å². The van der Waals surface area contributed by atoms with Gasteiger partial charge in [0.05, 0.1) is 6.54 Å². The van der Waals surface area contributed by atoms with Crippen LogP contribution in [0.25, 0.3) is 5.65 Å². The van der Waals surface area contributed by atoms with Gasteiger partial charge in [0.2, 0.25) is 0 Å². The van der Waals surface area contributed by atoms with Crippen molar-refractivity contribution in [2.45, 2.75) is 25.9 Å². The molecule has 2 aromatic heterocycles. The van der Waals surface area contributed by atoms with Crippen molar-refractivity contribution in [1.29, 1.82) is 0 Å². The van der Waals surface area contributed by atoms with Crippen LogP contribution in [0, 0.1) is 0 Å². The second kappa shape index (κ2) is 5.76. The summed E-state index contributed by atoms with van der Waals surface area (Å²) < 4.78 is 3.16. The summed E-state index contributed by atoms with van der Waals surface area (Å²) in [6, 6.07) is 6.20. The Morgan fingerprint density at radius 1 is 1.50 bits per heavy atom. The molecule has 0 aliphatic carbocycles. The molecule has 1 saturated heterocycles. The molecule has 1 N–H and O–H groups in total. The smallest absolute Gasteiger partial charge is 0.315 e. The van der Waals surface area contributed by atoms with Crippen LogP contribution in [0.15, 0.2) is 29.2 Å². The zero-order valence-electron chi connectivity index (χ0n) is 11.8. The lowest BCUT2D eigenvalue weighted by Gasteiger charge is -2.26. The highest BCUT2D eigenvalue weighted by atomic mass is 16.2. The van der Waals surface area contributed by atoms with E-state index in [4.69, 9.17) is 0 Å². The van der Waals surface area contributed by atoms with E-state index in [-0.39, 0.29) is 5.69 Å². The maximum Gasteiger partial charge on any atom is 0.350 e. The van der Waals surface area contributed by atoms with Crippen LogP contribution in [0.5, 0.6) is 0 Å². The van der Waals surface area contributed by atoms with Gasteiger partial charge in [0.25, 0.3) is 0 Å². The molecule has 0 amide bonds. The molecule has 1 aliphatic heterocycles. The van der Waals surface area contributed by atoms with Crippen molar-refractivity contribution >= 4 is 5.65 Å². The van der Waals surface area contributed by atoms with Crippen LogP contribution in [0.1, 0.15) is 13.3 Å². The standard InChI is InChI=1S/C14H21N5O/c1-2-17(12-6-7-15-11-12)9-10-19-14(20)18-8-4-3-5-13(18)16-19/h3-5,8,12,15H,2,6-7,9-11H2,1H3. The number of likely N-dealkylation sites (N-methyl/N-ethyl adjacent to an activating group) is 1. The van der Waals surface area contributed by atoms with E-state index in [9.17, 15) is 4.79 Å². The highest BCUT2D eigenvalue weighted by molar-refractivity contribution is 5.35. The Labute approximate surface area is 118 Å². The van der Waals surface area contributed by atoms with Gasteiger partial charge in [-0.25, -0.2) is 9.48 Å². The summed E-state index contributed by atoms with van der Waals surface area (Å²) in [5.74, 6) is 0.